The Morgan fingerprint density at radius 2 is 0.600 bits per heavy atom. The van der Waals surface area contributed by atoms with E-state index in [2.05, 4.69) is 98.9 Å². The van der Waals surface area contributed by atoms with Crippen LogP contribution in [0.25, 0.3) is 0 Å². The van der Waals surface area contributed by atoms with Crippen molar-refractivity contribution < 1.29 is 19.8 Å². The van der Waals surface area contributed by atoms with E-state index in [0.717, 1.165) is 51.4 Å². The molecule has 0 aromatic rings. The number of carboxylic acid groups (broad SMARTS) is 2. The minimum Gasteiger partial charge on any atom is -0.550 e. The van der Waals surface area contributed by atoms with Gasteiger partial charge >= 0.3 is 23.1 Å². The van der Waals surface area contributed by atoms with Gasteiger partial charge in [-0.25, -0.2) is 0 Å². The van der Waals surface area contributed by atoms with Crippen LogP contribution in [-0.4, -0.2) is 35.0 Å². The number of allylic oxidation sites excluding steroid dienone is 16. The smallest absolute Gasteiger partial charge is 0.550 e. The van der Waals surface area contributed by atoms with Gasteiger partial charge in [-0.15, -0.1) is 0 Å². The van der Waals surface area contributed by atoms with Crippen molar-refractivity contribution >= 4 is 35.0 Å². The van der Waals surface area contributed by atoms with Crippen molar-refractivity contribution in [2.45, 2.75) is 142 Å². The summed E-state index contributed by atoms with van der Waals surface area (Å²) in [5, 5.41) is 20.4. The van der Waals surface area contributed by atoms with Gasteiger partial charge < -0.3 is 19.8 Å². The molecular weight excluding hydrogens is 569 g/mol. The molecule has 0 heterocycles. The monoisotopic (exact) mass is 630 g/mol. The van der Waals surface area contributed by atoms with Gasteiger partial charge in [0.1, 0.15) is 0 Å². The van der Waals surface area contributed by atoms with Crippen LogP contribution in [0.3, 0.4) is 0 Å². The van der Waals surface area contributed by atoms with Crippen LogP contribution in [0.1, 0.15) is 142 Å². The Kier molecular flexibility index (Phi) is 45.7. The van der Waals surface area contributed by atoms with Crippen LogP contribution in [0.5, 0.6) is 0 Å². The van der Waals surface area contributed by atoms with Crippen molar-refractivity contribution in [3.05, 3.63) is 97.2 Å². The molecule has 0 unspecified atom stereocenters. The SMILES string of the molecule is CCCCC/C=C\C/C=C\C/C=C\C/C=C\CCCC(=O)[O-].CCCCC/C=C\C/C=C\C/C=C\C/C=C\CCCC(=O)[O-].[Mg+2]. The van der Waals surface area contributed by atoms with Gasteiger partial charge in [0.25, 0.3) is 0 Å². The largest absolute Gasteiger partial charge is 2.00 e. The topological polar surface area (TPSA) is 80.3 Å². The second-order valence-corrected chi connectivity index (χ2v) is 10.7. The Balaban J connectivity index is -0.000000767. The number of carbonyl (C=O) groups excluding carboxylic acids is 2. The fraction of sp³-hybridized carbons (Fsp3) is 0.550. The molecule has 0 atom stereocenters. The average Bonchev–Trinajstić information content (AvgIpc) is 3.00. The molecule has 5 heteroatoms. The molecule has 0 radical (unpaired) electrons. The van der Waals surface area contributed by atoms with Gasteiger partial charge in [-0.3, -0.25) is 0 Å². The van der Waals surface area contributed by atoms with E-state index < -0.39 is 11.9 Å². The van der Waals surface area contributed by atoms with Crippen molar-refractivity contribution in [1.82, 2.24) is 0 Å². The van der Waals surface area contributed by atoms with Crippen molar-refractivity contribution in [3.63, 3.8) is 0 Å². The summed E-state index contributed by atoms with van der Waals surface area (Å²) < 4.78 is 0. The van der Waals surface area contributed by atoms with Crippen LogP contribution in [0.15, 0.2) is 97.2 Å². The van der Waals surface area contributed by atoms with Crippen LogP contribution in [-0.2, 0) is 9.59 Å². The van der Waals surface area contributed by atoms with E-state index >= 15 is 0 Å². The maximum Gasteiger partial charge on any atom is 2.00 e. The molecule has 0 aromatic heterocycles. The molecule has 0 saturated carbocycles. The molecule has 0 aromatic carbocycles. The summed E-state index contributed by atoms with van der Waals surface area (Å²) in [5.74, 6) is -1.92. The van der Waals surface area contributed by atoms with Crippen LogP contribution in [0, 0.1) is 0 Å². The van der Waals surface area contributed by atoms with Gasteiger partial charge in [-0.1, -0.05) is 137 Å². The van der Waals surface area contributed by atoms with Crippen molar-refractivity contribution in [1.29, 1.82) is 0 Å². The number of carboxylic acids is 2. The number of rotatable bonds is 28. The van der Waals surface area contributed by atoms with E-state index in [1.165, 1.54) is 51.4 Å². The fourth-order valence-corrected chi connectivity index (χ4v) is 3.85. The molecule has 4 nitrogen and oxygen atoms in total. The van der Waals surface area contributed by atoms with E-state index in [1.54, 1.807) is 0 Å². The van der Waals surface area contributed by atoms with Gasteiger partial charge in [0.15, 0.2) is 0 Å². The molecule has 0 spiro atoms. The number of aliphatic carboxylic acids is 2. The van der Waals surface area contributed by atoms with Gasteiger partial charge in [0.05, 0.1) is 0 Å². The van der Waals surface area contributed by atoms with Crippen molar-refractivity contribution in [3.8, 4) is 0 Å². The van der Waals surface area contributed by atoms with Gasteiger partial charge in [0, 0.05) is 11.9 Å². The first kappa shape index (κ1) is 47.0. The maximum absolute atomic E-state index is 10.2. The maximum atomic E-state index is 10.2. The molecule has 0 saturated heterocycles. The molecule has 45 heavy (non-hydrogen) atoms. The summed E-state index contributed by atoms with van der Waals surface area (Å²) in [6, 6.07) is 0. The zero-order valence-corrected chi connectivity index (χ0v) is 30.1. The van der Waals surface area contributed by atoms with Gasteiger partial charge in [-0.05, 0) is 103 Å². The zero-order chi connectivity index (χ0) is 32.6. The molecule has 0 rings (SSSR count). The first-order valence-corrected chi connectivity index (χ1v) is 17.1. The summed E-state index contributed by atoms with van der Waals surface area (Å²) in [6.45, 7) is 4.46. The van der Waals surface area contributed by atoms with E-state index in [0.29, 0.717) is 12.8 Å². The Labute approximate surface area is 293 Å². The molecule has 248 valence electrons. The van der Waals surface area contributed by atoms with Gasteiger partial charge in [0.2, 0.25) is 0 Å². The van der Waals surface area contributed by atoms with Crippen LogP contribution < -0.4 is 10.2 Å². The predicted molar refractivity (Wildman–Crippen MR) is 193 cm³/mol. The van der Waals surface area contributed by atoms with E-state index in [1.807, 2.05) is 12.2 Å². The molecule has 0 bridgehead atoms. The second kappa shape index (κ2) is 43.8. The third kappa shape index (κ3) is 51.5. The normalized spacial score (nSPS) is 12.1. The summed E-state index contributed by atoms with van der Waals surface area (Å²) >= 11 is 0. The number of hydrogen-bond donors (Lipinski definition) is 0. The molecule has 0 aliphatic heterocycles. The number of unbranched alkanes of at least 4 members (excludes halogenated alkanes) is 8. The molecule has 0 aliphatic rings. The number of hydrogen-bond acceptors (Lipinski definition) is 4. The average molecular weight is 631 g/mol. The Morgan fingerprint density at radius 1 is 0.378 bits per heavy atom. The quantitative estimate of drug-likeness (QED) is 0.0490. The third-order valence-electron chi connectivity index (χ3n) is 6.42. The Bertz CT molecular complexity index is 803. The third-order valence-corrected chi connectivity index (χ3v) is 6.42. The van der Waals surface area contributed by atoms with Gasteiger partial charge in [-0.2, -0.15) is 0 Å². The Morgan fingerprint density at radius 3 is 0.822 bits per heavy atom. The summed E-state index contributed by atoms with van der Waals surface area (Å²) in [7, 11) is 0. The number of carbonyl (C=O) groups is 2. The first-order chi connectivity index (χ1) is 21.5. The summed E-state index contributed by atoms with van der Waals surface area (Å²) in [6.07, 6.45) is 54.0. The minimum absolute atomic E-state index is 0. The Hall–Kier alpha value is -2.37. The van der Waals surface area contributed by atoms with Crippen LogP contribution in [0.2, 0.25) is 0 Å². The van der Waals surface area contributed by atoms with E-state index in [4.69, 9.17) is 0 Å². The molecule has 0 amide bonds. The molecular formula is C40H62MgO4. The fourth-order valence-electron chi connectivity index (χ4n) is 3.85. The summed E-state index contributed by atoms with van der Waals surface area (Å²) in [5.41, 5.74) is 0. The van der Waals surface area contributed by atoms with Crippen LogP contribution in [0.4, 0.5) is 0 Å². The first-order valence-electron chi connectivity index (χ1n) is 17.1. The van der Waals surface area contributed by atoms with Crippen molar-refractivity contribution in [2.24, 2.45) is 0 Å². The van der Waals surface area contributed by atoms with E-state index in [9.17, 15) is 19.8 Å². The van der Waals surface area contributed by atoms with E-state index in [-0.39, 0.29) is 35.9 Å². The summed E-state index contributed by atoms with van der Waals surface area (Å²) in [4.78, 5) is 20.4. The van der Waals surface area contributed by atoms with Crippen molar-refractivity contribution in [2.75, 3.05) is 0 Å². The molecule has 0 N–H and O–H groups in total. The second-order valence-electron chi connectivity index (χ2n) is 10.7. The predicted octanol–water partition coefficient (Wildman–Crippen LogP) is 9.38. The standard InChI is InChI=1S/2C20H32O2.Mg/c2*1-2-3-4-5-6-7-8-9-10-11-12-13-14-15-16-17-18-19-20(21)22;/h2*6-7,9-10,12-13,15-16H,2-5,8,11,14,17-19H2,1H3,(H,21,22);/q;;+2/p-2/b2*7-6-,10-9-,13-12-,16-15-;. The molecule has 0 fully saturated rings. The zero-order valence-electron chi connectivity index (χ0n) is 28.7. The minimum atomic E-state index is -0.962. The molecule has 0 aliphatic carbocycles. The van der Waals surface area contributed by atoms with Crippen LogP contribution >= 0.6 is 0 Å².